The number of rotatable bonds is 8. The Hall–Kier alpha value is -4.07. The van der Waals surface area contributed by atoms with Gasteiger partial charge in [-0.2, -0.15) is 0 Å². The van der Waals surface area contributed by atoms with Crippen LogP contribution in [0.5, 0.6) is 0 Å². The highest BCUT2D eigenvalue weighted by Gasteiger charge is 2.63. The van der Waals surface area contributed by atoms with Crippen molar-refractivity contribution in [3.8, 4) is 0 Å². The van der Waals surface area contributed by atoms with Crippen LogP contribution in [0.25, 0.3) is 0 Å². The number of benzene rings is 3. The van der Waals surface area contributed by atoms with E-state index in [4.69, 9.17) is 4.74 Å². The molecule has 200 valence electrons. The van der Waals surface area contributed by atoms with E-state index >= 15 is 4.57 Å². The molecular weight excluding hydrogens is 519 g/mol. The molecule has 1 amide bonds. The van der Waals surface area contributed by atoms with Crippen LogP contribution in [0.4, 0.5) is 5.69 Å². The number of nitro groups is 1. The Morgan fingerprint density at radius 2 is 1.56 bits per heavy atom. The maximum absolute atomic E-state index is 15.3. The van der Waals surface area contributed by atoms with Crippen molar-refractivity contribution in [3.05, 3.63) is 112 Å². The Labute approximate surface area is 225 Å². The zero-order chi connectivity index (χ0) is 27.9. The van der Waals surface area contributed by atoms with Crippen LogP contribution in [-0.4, -0.2) is 39.0 Å². The number of carbonyl (C=O) groups excluding carboxylic acids is 2. The SMILES string of the molecule is C[C@@H](O)[C@H]1C(=O)N2C(C(=O)OCc3ccc([N+](=O)[O-])cc3)=C(P(=O)(c3ccccc3)c3ccccc3)[C@H](C)[C@@H]12. The smallest absolute Gasteiger partial charge is 0.355 e. The monoisotopic (exact) mass is 546 g/mol. The normalized spacial score (nSPS) is 21.3. The molecule has 3 aromatic rings. The molecule has 3 aromatic carbocycles. The first-order valence-corrected chi connectivity index (χ1v) is 14.2. The number of aliphatic hydroxyl groups excluding tert-OH is 1. The lowest BCUT2D eigenvalue weighted by molar-refractivity contribution is -0.384. The van der Waals surface area contributed by atoms with Crippen LogP contribution in [0.1, 0.15) is 19.4 Å². The zero-order valence-electron chi connectivity index (χ0n) is 21.3. The number of nitro benzene ring substituents is 1. The first kappa shape index (κ1) is 26.5. The average molecular weight is 547 g/mol. The number of nitrogens with zero attached hydrogens (tertiary/aromatic N) is 2. The topological polar surface area (TPSA) is 127 Å². The largest absolute Gasteiger partial charge is 0.456 e. The predicted molar refractivity (Wildman–Crippen MR) is 145 cm³/mol. The van der Waals surface area contributed by atoms with Gasteiger partial charge in [0.25, 0.3) is 5.69 Å². The van der Waals surface area contributed by atoms with E-state index in [1.54, 1.807) is 48.5 Å². The fraction of sp³-hybridized carbons (Fsp3) is 0.241. The number of β-lactam (4-membered cyclic amide) rings is 1. The van der Waals surface area contributed by atoms with Gasteiger partial charge in [0.1, 0.15) is 12.3 Å². The van der Waals surface area contributed by atoms with E-state index in [2.05, 4.69) is 0 Å². The third kappa shape index (κ3) is 4.37. The summed E-state index contributed by atoms with van der Waals surface area (Å²) in [6.07, 6.45) is -0.953. The van der Waals surface area contributed by atoms with E-state index in [0.29, 0.717) is 21.5 Å². The van der Waals surface area contributed by atoms with Crippen LogP contribution in [-0.2, 0) is 25.5 Å². The van der Waals surface area contributed by atoms with Gasteiger partial charge in [-0.05, 0) is 24.6 Å². The van der Waals surface area contributed by atoms with Crippen molar-refractivity contribution in [1.82, 2.24) is 4.90 Å². The Balaban J connectivity index is 1.62. The summed E-state index contributed by atoms with van der Waals surface area (Å²) in [6.45, 7) is 3.16. The van der Waals surface area contributed by atoms with Gasteiger partial charge in [-0.15, -0.1) is 0 Å². The molecule has 0 radical (unpaired) electrons. The lowest BCUT2D eigenvalue weighted by Gasteiger charge is -2.46. The molecule has 1 N–H and O–H groups in total. The van der Waals surface area contributed by atoms with E-state index in [1.165, 1.54) is 36.1 Å². The average Bonchev–Trinajstić information content (AvgIpc) is 3.20. The molecule has 0 saturated carbocycles. The number of amides is 1. The first-order valence-electron chi connectivity index (χ1n) is 12.5. The summed E-state index contributed by atoms with van der Waals surface area (Å²) in [6, 6.07) is 22.8. The molecule has 2 heterocycles. The molecule has 0 aliphatic carbocycles. The van der Waals surface area contributed by atoms with Crippen LogP contribution in [0.2, 0.25) is 0 Å². The summed E-state index contributed by atoms with van der Waals surface area (Å²) >= 11 is 0. The van der Waals surface area contributed by atoms with Gasteiger partial charge in [0.2, 0.25) is 5.91 Å². The van der Waals surface area contributed by atoms with Gasteiger partial charge in [-0.1, -0.05) is 67.6 Å². The lowest BCUT2D eigenvalue weighted by Crippen LogP contribution is -2.63. The summed E-state index contributed by atoms with van der Waals surface area (Å²) < 4.78 is 20.9. The van der Waals surface area contributed by atoms with Gasteiger partial charge < -0.3 is 19.3 Å². The minimum atomic E-state index is -3.64. The number of hydrogen-bond acceptors (Lipinski definition) is 7. The Kier molecular flexibility index (Phi) is 6.97. The minimum Gasteiger partial charge on any atom is -0.456 e. The molecule has 0 aromatic heterocycles. The third-order valence-corrected chi connectivity index (χ3v) is 10.8. The predicted octanol–water partition coefficient (Wildman–Crippen LogP) is 3.72. The second-order valence-electron chi connectivity index (χ2n) is 9.77. The summed E-state index contributed by atoms with van der Waals surface area (Å²) in [4.78, 5) is 38.7. The zero-order valence-corrected chi connectivity index (χ0v) is 22.2. The fourth-order valence-corrected chi connectivity index (χ4v) is 8.85. The van der Waals surface area contributed by atoms with Crippen molar-refractivity contribution < 1.29 is 28.9 Å². The molecule has 1 fully saturated rings. The maximum Gasteiger partial charge on any atom is 0.355 e. The first-order chi connectivity index (χ1) is 18.7. The molecule has 4 atom stereocenters. The van der Waals surface area contributed by atoms with Crippen molar-refractivity contribution in [1.29, 1.82) is 0 Å². The number of esters is 1. The second kappa shape index (κ2) is 10.2. The van der Waals surface area contributed by atoms with Gasteiger partial charge in [0, 0.05) is 34.0 Å². The molecule has 2 aliphatic heterocycles. The molecule has 0 spiro atoms. The highest BCUT2D eigenvalue weighted by atomic mass is 31.2. The van der Waals surface area contributed by atoms with Crippen LogP contribution in [0, 0.1) is 22.0 Å². The Morgan fingerprint density at radius 3 is 2.05 bits per heavy atom. The van der Waals surface area contributed by atoms with Gasteiger partial charge >= 0.3 is 5.97 Å². The quantitative estimate of drug-likeness (QED) is 0.150. The second-order valence-corrected chi connectivity index (χ2v) is 12.5. The summed E-state index contributed by atoms with van der Waals surface area (Å²) in [5, 5.41) is 22.7. The van der Waals surface area contributed by atoms with Crippen molar-refractivity contribution >= 4 is 35.3 Å². The van der Waals surface area contributed by atoms with Crippen LogP contribution < -0.4 is 10.6 Å². The summed E-state index contributed by atoms with van der Waals surface area (Å²) in [5.41, 5.74) is 0.363. The molecule has 5 rings (SSSR count). The highest BCUT2D eigenvalue weighted by Crippen LogP contribution is 2.63. The van der Waals surface area contributed by atoms with Crippen LogP contribution >= 0.6 is 7.14 Å². The van der Waals surface area contributed by atoms with Gasteiger partial charge in [-0.25, -0.2) is 4.79 Å². The van der Waals surface area contributed by atoms with Gasteiger partial charge in [0.15, 0.2) is 7.14 Å². The number of non-ortho nitro benzene ring substituents is 1. The molecule has 9 nitrogen and oxygen atoms in total. The highest BCUT2D eigenvalue weighted by molar-refractivity contribution is 7.82. The number of fused-ring (bicyclic) bond motifs is 1. The van der Waals surface area contributed by atoms with Crippen molar-refractivity contribution in [2.75, 3.05) is 0 Å². The van der Waals surface area contributed by atoms with E-state index < -0.39 is 47.9 Å². The molecule has 0 bridgehead atoms. The third-order valence-electron chi connectivity index (χ3n) is 7.42. The number of ether oxygens (including phenoxy) is 1. The van der Waals surface area contributed by atoms with E-state index in [0.717, 1.165) is 0 Å². The molecule has 39 heavy (non-hydrogen) atoms. The van der Waals surface area contributed by atoms with E-state index in [-0.39, 0.29) is 18.0 Å². The number of hydrogen-bond donors (Lipinski definition) is 1. The number of carbonyl (C=O) groups is 2. The summed E-state index contributed by atoms with van der Waals surface area (Å²) in [5.74, 6) is -2.49. The van der Waals surface area contributed by atoms with Gasteiger partial charge in [0.05, 0.1) is 23.0 Å². The molecule has 0 unspecified atom stereocenters. The fourth-order valence-electron chi connectivity index (χ4n) is 5.59. The van der Waals surface area contributed by atoms with Crippen LogP contribution in [0.3, 0.4) is 0 Å². The molecule has 10 heteroatoms. The Morgan fingerprint density at radius 1 is 1.03 bits per heavy atom. The van der Waals surface area contributed by atoms with Crippen molar-refractivity contribution in [2.45, 2.75) is 32.6 Å². The maximum atomic E-state index is 15.3. The molecule has 2 aliphatic rings. The summed E-state index contributed by atoms with van der Waals surface area (Å²) in [7, 11) is -3.64. The molecule has 1 saturated heterocycles. The minimum absolute atomic E-state index is 0.0626. The Bertz CT molecular complexity index is 1460. The lowest BCUT2D eigenvalue weighted by atomic mass is 9.79. The van der Waals surface area contributed by atoms with Crippen LogP contribution in [0.15, 0.2) is 95.9 Å². The number of aliphatic hydroxyl groups is 1. The van der Waals surface area contributed by atoms with Crippen molar-refractivity contribution in [2.24, 2.45) is 11.8 Å². The van der Waals surface area contributed by atoms with E-state index in [9.17, 15) is 24.8 Å². The van der Waals surface area contributed by atoms with Gasteiger partial charge in [-0.3, -0.25) is 14.9 Å². The van der Waals surface area contributed by atoms with Crippen molar-refractivity contribution in [3.63, 3.8) is 0 Å². The standard InChI is InChI=1S/C29H27N2O7P/c1-18-25-24(19(2)32)28(33)30(25)26(29(34)38-17-20-13-15-21(16-14-20)31(35)36)27(18)39(37,22-9-5-3-6-10-22)23-11-7-4-8-12-23/h3-16,18-19,24-25,32H,17H2,1-2H3/t18-,19-,24-,25+/m1/s1. The molecular formula is C29H27N2O7P. The van der Waals surface area contributed by atoms with E-state index in [1.807, 2.05) is 19.1 Å².